The Morgan fingerprint density at radius 1 is 1.71 bits per heavy atom. The van der Waals surface area contributed by atoms with Gasteiger partial charge in [0, 0.05) is 15.4 Å². The Bertz CT molecular complexity index is 363. The molecule has 14 heavy (non-hydrogen) atoms. The standard InChI is InChI=1S/C10H10O2S2/c1-7(10(11)12)6-14-8(2)9-4-3-5-13-9/h3-6H,2H2,1H3,(H,11,12)/b7-6+. The number of thiophene rings is 1. The molecule has 74 valence electrons. The average molecular weight is 226 g/mol. The van der Waals surface area contributed by atoms with Crippen molar-refractivity contribution in [1.29, 1.82) is 0 Å². The second-order valence-corrected chi connectivity index (χ2v) is 4.54. The monoisotopic (exact) mass is 226 g/mol. The number of aliphatic carboxylic acids is 1. The van der Waals surface area contributed by atoms with Crippen LogP contribution in [0.2, 0.25) is 0 Å². The second-order valence-electron chi connectivity index (χ2n) is 2.62. The summed E-state index contributed by atoms with van der Waals surface area (Å²) in [4.78, 5) is 12.4. The first-order valence-corrected chi connectivity index (χ1v) is 5.66. The predicted octanol–water partition coefficient (Wildman–Crippen LogP) is 3.44. The Kier molecular flexibility index (Phi) is 3.98. The lowest BCUT2D eigenvalue weighted by Crippen LogP contribution is -1.94. The molecule has 1 aromatic rings. The molecule has 0 aliphatic rings. The van der Waals surface area contributed by atoms with E-state index in [0.717, 1.165) is 9.78 Å². The summed E-state index contributed by atoms with van der Waals surface area (Å²) in [5, 5.41) is 12.2. The Morgan fingerprint density at radius 2 is 2.43 bits per heavy atom. The largest absolute Gasteiger partial charge is 0.478 e. The maximum atomic E-state index is 10.5. The molecule has 0 aliphatic heterocycles. The number of carboxylic acids is 1. The van der Waals surface area contributed by atoms with Crippen molar-refractivity contribution in [2.24, 2.45) is 0 Å². The third-order valence-electron chi connectivity index (χ3n) is 1.51. The number of carbonyl (C=O) groups is 1. The Labute approximate surface area is 91.0 Å². The molecule has 4 heteroatoms. The highest BCUT2D eigenvalue weighted by molar-refractivity contribution is 8.11. The third-order valence-corrected chi connectivity index (χ3v) is 3.55. The second kappa shape index (κ2) is 5.02. The van der Waals surface area contributed by atoms with Gasteiger partial charge in [0.05, 0.1) is 0 Å². The summed E-state index contributed by atoms with van der Waals surface area (Å²) in [6.07, 6.45) is 0. The fraction of sp³-hybridized carbons (Fsp3) is 0.100. The average Bonchev–Trinajstić information content (AvgIpc) is 2.66. The zero-order valence-electron chi connectivity index (χ0n) is 7.69. The van der Waals surface area contributed by atoms with E-state index in [1.165, 1.54) is 11.8 Å². The predicted molar refractivity (Wildman–Crippen MR) is 62.3 cm³/mol. The van der Waals surface area contributed by atoms with Crippen molar-refractivity contribution in [2.45, 2.75) is 6.92 Å². The third kappa shape index (κ3) is 3.05. The van der Waals surface area contributed by atoms with Gasteiger partial charge in [-0.2, -0.15) is 0 Å². The number of rotatable bonds is 4. The fourth-order valence-corrected chi connectivity index (χ4v) is 2.19. The van der Waals surface area contributed by atoms with Crippen LogP contribution in [0, 0.1) is 0 Å². The van der Waals surface area contributed by atoms with Crippen LogP contribution >= 0.6 is 23.1 Å². The van der Waals surface area contributed by atoms with Gasteiger partial charge >= 0.3 is 5.97 Å². The Hall–Kier alpha value is -1.000. The van der Waals surface area contributed by atoms with Gasteiger partial charge in [0.15, 0.2) is 0 Å². The molecule has 1 heterocycles. The Balaban J connectivity index is 2.59. The summed E-state index contributed by atoms with van der Waals surface area (Å²) < 4.78 is 0. The molecule has 1 aromatic heterocycles. The van der Waals surface area contributed by atoms with Gasteiger partial charge in [-0.05, 0) is 23.8 Å². The molecule has 0 radical (unpaired) electrons. The van der Waals surface area contributed by atoms with Gasteiger partial charge in [-0.3, -0.25) is 0 Å². The number of thioether (sulfide) groups is 1. The van der Waals surface area contributed by atoms with Gasteiger partial charge in [-0.25, -0.2) is 4.79 Å². The molecule has 0 spiro atoms. The molecule has 0 bridgehead atoms. The topological polar surface area (TPSA) is 37.3 Å². The maximum Gasteiger partial charge on any atom is 0.331 e. The molecule has 0 unspecified atom stereocenters. The number of carboxylic acid groups (broad SMARTS) is 1. The zero-order valence-corrected chi connectivity index (χ0v) is 9.32. The van der Waals surface area contributed by atoms with E-state index >= 15 is 0 Å². The van der Waals surface area contributed by atoms with E-state index in [-0.39, 0.29) is 0 Å². The van der Waals surface area contributed by atoms with Gasteiger partial charge in [-0.1, -0.05) is 24.4 Å². The molecule has 1 rings (SSSR count). The zero-order chi connectivity index (χ0) is 10.6. The SMILES string of the molecule is C=C(S/C=C(\C)C(=O)O)c1cccs1. The fourth-order valence-electron chi connectivity index (χ4n) is 0.705. The number of hydrogen-bond donors (Lipinski definition) is 1. The summed E-state index contributed by atoms with van der Waals surface area (Å²) in [6, 6.07) is 3.91. The summed E-state index contributed by atoms with van der Waals surface area (Å²) in [7, 11) is 0. The van der Waals surface area contributed by atoms with Crippen LogP contribution in [0.15, 0.2) is 35.1 Å². The van der Waals surface area contributed by atoms with Gasteiger partial charge in [0.25, 0.3) is 0 Å². The van der Waals surface area contributed by atoms with Crippen molar-refractivity contribution in [1.82, 2.24) is 0 Å². The summed E-state index contributed by atoms with van der Waals surface area (Å²) in [6.45, 7) is 5.43. The Morgan fingerprint density at radius 3 is 2.93 bits per heavy atom. The van der Waals surface area contributed by atoms with Gasteiger partial charge in [0.1, 0.15) is 0 Å². The first-order valence-electron chi connectivity index (χ1n) is 3.90. The van der Waals surface area contributed by atoms with E-state index in [2.05, 4.69) is 6.58 Å². The highest BCUT2D eigenvalue weighted by atomic mass is 32.2. The number of hydrogen-bond acceptors (Lipinski definition) is 3. The summed E-state index contributed by atoms with van der Waals surface area (Å²) >= 11 is 2.94. The molecule has 2 nitrogen and oxygen atoms in total. The lowest BCUT2D eigenvalue weighted by Gasteiger charge is -1.97. The van der Waals surface area contributed by atoms with Gasteiger partial charge < -0.3 is 5.11 Å². The minimum Gasteiger partial charge on any atom is -0.478 e. The molecular weight excluding hydrogens is 216 g/mol. The van der Waals surface area contributed by atoms with E-state index in [1.54, 1.807) is 23.7 Å². The van der Waals surface area contributed by atoms with Gasteiger partial charge in [0.2, 0.25) is 0 Å². The van der Waals surface area contributed by atoms with Crippen LogP contribution in [-0.2, 0) is 4.79 Å². The van der Waals surface area contributed by atoms with Crippen LogP contribution in [0.4, 0.5) is 0 Å². The molecule has 1 N–H and O–H groups in total. The van der Waals surface area contributed by atoms with Crippen LogP contribution in [0.5, 0.6) is 0 Å². The van der Waals surface area contributed by atoms with Crippen molar-refractivity contribution >= 4 is 34.0 Å². The minimum absolute atomic E-state index is 0.327. The van der Waals surface area contributed by atoms with Crippen molar-refractivity contribution in [2.75, 3.05) is 0 Å². The molecule has 0 aliphatic carbocycles. The molecule has 0 saturated carbocycles. The van der Waals surface area contributed by atoms with E-state index in [4.69, 9.17) is 5.11 Å². The maximum absolute atomic E-state index is 10.5. The molecule has 0 atom stereocenters. The summed E-state index contributed by atoms with van der Waals surface area (Å²) in [5.74, 6) is -0.892. The lowest BCUT2D eigenvalue weighted by atomic mass is 10.4. The smallest absolute Gasteiger partial charge is 0.331 e. The van der Waals surface area contributed by atoms with E-state index in [9.17, 15) is 4.79 Å². The van der Waals surface area contributed by atoms with Crippen molar-refractivity contribution in [3.05, 3.63) is 40.0 Å². The van der Waals surface area contributed by atoms with Crippen molar-refractivity contribution < 1.29 is 9.90 Å². The quantitative estimate of drug-likeness (QED) is 0.799. The van der Waals surface area contributed by atoms with Crippen LogP contribution in [0.1, 0.15) is 11.8 Å². The highest BCUT2D eigenvalue weighted by Crippen LogP contribution is 2.30. The molecule has 0 saturated heterocycles. The van der Waals surface area contributed by atoms with E-state index in [1.807, 2.05) is 17.5 Å². The molecule has 0 amide bonds. The summed E-state index contributed by atoms with van der Waals surface area (Å²) in [5.41, 5.74) is 0.327. The first-order chi connectivity index (χ1) is 6.61. The van der Waals surface area contributed by atoms with Crippen molar-refractivity contribution in [3.8, 4) is 0 Å². The minimum atomic E-state index is -0.892. The first kappa shape index (κ1) is 11.1. The van der Waals surface area contributed by atoms with E-state index in [0.29, 0.717) is 5.57 Å². The van der Waals surface area contributed by atoms with Gasteiger partial charge in [-0.15, -0.1) is 11.3 Å². The molecule has 0 fully saturated rings. The molecular formula is C10H10O2S2. The van der Waals surface area contributed by atoms with E-state index < -0.39 is 5.97 Å². The van der Waals surface area contributed by atoms with Crippen LogP contribution in [-0.4, -0.2) is 11.1 Å². The van der Waals surface area contributed by atoms with Crippen LogP contribution in [0.3, 0.4) is 0 Å². The highest BCUT2D eigenvalue weighted by Gasteiger charge is 2.02. The van der Waals surface area contributed by atoms with Crippen molar-refractivity contribution in [3.63, 3.8) is 0 Å². The van der Waals surface area contributed by atoms with Crippen LogP contribution < -0.4 is 0 Å². The molecule has 0 aromatic carbocycles. The van der Waals surface area contributed by atoms with Crippen LogP contribution in [0.25, 0.3) is 4.91 Å². The normalized spacial score (nSPS) is 11.4. The lowest BCUT2D eigenvalue weighted by molar-refractivity contribution is -0.132.